The third-order valence-electron chi connectivity index (χ3n) is 4.22. The molecule has 0 unspecified atom stereocenters. The summed E-state index contributed by atoms with van der Waals surface area (Å²) in [6.45, 7) is 0.269. The topological polar surface area (TPSA) is 86.7 Å². The molecule has 5 rings (SSSR count). The van der Waals surface area contributed by atoms with Gasteiger partial charge in [-0.3, -0.25) is 4.79 Å². The Bertz CT molecular complexity index is 1360. The van der Waals surface area contributed by atoms with Gasteiger partial charge in [0.15, 0.2) is 0 Å². The number of hydrogen-bond acceptors (Lipinski definition) is 7. The van der Waals surface area contributed by atoms with E-state index in [1.807, 2.05) is 30.3 Å². The van der Waals surface area contributed by atoms with Crippen molar-refractivity contribution in [2.45, 2.75) is 6.54 Å². The van der Waals surface area contributed by atoms with Gasteiger partial charge in [0.1, 0.15) is 10.7 Å². The van der Waals surface area contributed by atoms with Crippen LogP contribution in [0.5, 0.6) is 0 Å². The molecule has 0 amide bonds. The molecule has 3 aromatic heterocycles. The van der Waals surface area contributed by atoms with Crippen LogP contribution in [0.1, 0.15) is 5.01 Å². The highest BCUT2D eigenvalue weighted by molar-refractivity contribution is 7.18. The van der Waals surface area contributed by atoms with Crippen LogP contribution in [0, 0.1) is 0 Å². The standard InChI is InChI=1S/C20H12ClN5O2S/c21-13-5-3-4-12(10-13)20-23-19(25-28-20)15-8-9-18(27)26(24-15)11-17-22-14-6-1-2-7-16(14)29-17/h1-10H,11H2. The summed E-state index contributed by atoms with van der Waals surface area (Å²) in [5.74, 6) is 0.617. The molecule has 29 heavy (non-hydrogen) atoms. The van der Waals surface area contributed by atoms with Gasteiger partial charge in [0, 0.05) is 16.7 Å². The average molecular weight is 422 g/mol. The molecule has 2 aromatic carbocycles. The van der Waals surface area contributed by atoms with Crippen molar-refractivity contribution in [2.24, 2.45) is 0 Å². The van der Waals surface area contributed by atoms with Gasteiger partial charge >= 0.3 is 0 Å². The van der Waals surface area contributed by atoms with Gasteiger partial charge in [-0.2, -0.15) is 10.1 Å². The summed E-state index contributed by atoms with van der Waals surface area (Å²) in [6.07, 6.45) is 0. The maximum Gasteiger partial charge on any atom is 0.267 e. The van der Waals surface area contributed by atoms with E-state index in [1.54, 1.807) is 24.3 Å². The minimum Gasteiger partial charge on any atom is -0.334 e. The summed E-state index contributed by atoms with van der Waals surface area (Å²) in [6, 6.07) is 18.0. The summed E-state index contributed by atoms with van der Waals surface area (Å²) >= 11 is 7.55. The van der Waals surface area contributed by atoms with Crippen LogP contribution in [0.3, 0.4) is 0 Å². The molecule has 9 heteroatoms. The Morgan fingerprint density at radius 1 is 1.03 bits per heavy atom. The van der Waals surface area contributed by atoms with Crippen LogP contribution in [0.25, 0.3) is 33.2 Å². The van der Waals surface area contributed by atoms with E-state index in [4.69, 9.17) is 16.1 Å². The third-order valence-corrected chi connectivity index (χ3v) is 5.47. The van der Waals surface area contributed by atoms with Crippen LogP contribution in [0.4, 0.5) is 0 Å². The molecule has 0 aliphatic heterocycles. The van der Waals surface area contributed by atoms with Crippen molar-refractivity contribution in [3.05, 3.63) is 81.0 Å². The number of aromatic nitrogens is 5. The Kier molecular flexibility index (Phi) is 4.42. The van der Waals surface area contributed by atoms with Gasteiger partial charge in [-0.05, 0) is 36.4 Å². The summed E-state index contributed by atoms with van der Waals surface area (Å²) in [5, 5.41) is 9.75. The highest BCUT2D eigenvalue weighted by Crippen LogP contribution is 2.24. The second-order valence-electron chi connectivity index (χ2n) is 6.22. The molecule has 142 valence electrons. The summed E-state index contributed by atoms with van der Waals surface area (Å²) in [7, 11) is 0. The van der Waals surface area contributed by atoms with Crippen molar-refractivity contribution >= 4 is 33.2 Å². The highest BCUT2D eigenvalue weighted by Gasteiger charge is 2.14. The molecule has 0 bridgehead atoms. The number of fused-ring (bicyclic) bond motifs is 1. The van der Waals surface area contributed by atoms with Crippen molar-refractivity contribution in [1.82, 2.24) is 24.9 Å². The molecule has 0 atom stereocenters. The molecule has 0 saturated heterocycles. The van der Waals surface area contributed by atoms with Crippen molar-refractivity contribution in [3.8, 4) is 23.0 Å². The van der Waals surface area contributed by atoms with Gasteiger partial charge in [-0.15, -0.1) is 11.3 Å². The number of thiazole rings is 1. The molecule has 0 aliphatic carbocycles. The van der Waals surface area contributed by atoms with Gasteiger partial charge < -0.3 is 4.52 Å². The number of rotatable bonds is 4. The number of halogens is 1. The number of nitrogens with zero attached hydrogens (tertiary/aromatic N) is 5. The van der Waals surface area contributed by atoms with Crippen LogP contribution < -0.4 is 5.56 Å². The van der Waals surface area contributed by atoms with Gasteiger partial charge in [0.2, 0.25) is 5.82 Å². The Hall–Kier alpha value is -3.36. The van der Waals surface area contributed by atoms with Crippen LogP contribution in [0.15, 0.2) is 70.0 Å². The van der Waals surface area contributed by atoms with Crippen LogP contribution in [-0.2, 0) is 6.54 Å². The molecule has 0 radical (unpaired) electrons. The van der Waals surface area contributed by atoms with Crippen molar-refractivity contribution in [2.75, 3.05) is 0 Å². The van der Waals surface area contributed by atoms with Gasteiger partial charge in [-0.25, -0.2) is 9.67 Å². The fraction of sp³-hybridized carbons (Fsp3) is 0.0500. The maximum atomic E-state index is 12.3. The third kappa shape index (κ3) is 3.55. The predicted octanol–water partition coefficient (Wildman–Crippen LogP) is 4.27. The van der Waals surface area contributed by atoms with Crippen LogP contribution in [-0.4, -0.2) is 24.9 Å². The summed E-state index contributed by atoms with van der Waals surface area (Å²) in [4.78, 5) is 21.2. The lowest BCUT2D eigenvalue weighted by atomic mass is 10.2. The predicted molar refractivity (Wildman–Crippen MR) is 111 cm³/mol. The van der Waals surface area contributed by atoms with E-state index in [9.17, 15) is 4.79 Å². The highest BCUT2D eigenvalue weighted by atomic mass is 35.5. The minimum atomic E-state index is -0.230. The molecule has 0 spiro atoms. The molecule has 3 heterocycles. The quantitative estimate of drug-likeness (QED) is 0.430. The Morgan fingerprint density at radius 2 is 1.93 bits per heavy atom. The SMILES string of the molecule is O=c1ccc(-c2noc(-c3cccc(Cl)c3)n2)nn1Cc1nc2ccccc2s1. The zero-order chi connectivity index (χ0) is 19.8. The lowest BCUT2D eigenvalue weighted by Gasteiger charge is -2.02. The first-order valence-corrected chi connectivity index (χ1v) is 9.88. The van der Waals surface area contributed by atoms with E-state index in [1.165, 1.54) is 22.1 Å². The molecule has 0 aliphatic rings. The van der Waals surface area contributed by atoms with E-state index < -0.39 is 0 Å². The molecule has 5 aromatic rings. The average Bonchev–Trinajstić information content (AvgIpc) is 3.36. The number of hydrogen-bond donors (Lipinski definition) is 0. The van der Waals surface area contributed by atoms with Crippen molar-refractivity contribution < 1.29 is 4.52 Å². The lowest BCUT2D eigenvalue weighted by Crippen LogP contribution is -2.22. The first-order chi connectivity index (χ1) is 14.2. The van der Waals surface area contributed by atoms with Gasteiger partial charge in [0.05, 0.1) is 16.8 Å². The van der Waals surface area contributed by atoms with Crippen molar-refractivity contribution in [1.29, 1.82) is 0 Å². The Balaban J connectivity index is 1.47. The second kappa shape index (κ2) is 7.23. The second-order valence-corrected chi connectivity index (χ2v) is 7.77. The zero-order valence-electron chi connectivity index (χ0n) is 14.8. The van der Waals surface area contributed by atoms with Crippen LogP contribution in [0.2, 0.25) is 5.02 Å². The zero-order valence-corrected chi connectivity index (χ0v) is 16.4. The normalized spacial score (nSPS) is 11.2. The maximum absolute atomic E-state index is 12.3. The van der Waals surface area contributed by atoms with Gasteiger partial charge in [-0.1, -0.05) is 35.0 Å². The Labute approximate surface area is 173 Å². The molecular weight excluding hydrogens is 410 g/mol. The van der Waals surface area contributed by atoms with E-state index in [2.05, 4.69) is 20.2 Å². The fourth-order valence-electron chi connectivity index (χ4n) is 2.86. The molecule has 7 nitrogen and oxygen atoms in total. The summed E-state index contributed by atoms with van der Waals surface area (Å²) < 4.78 is 7.75. The van der Waals surface area contributed by atoms with Gasteiger partial charge in [0.25, 0.3) is 11.4 Å². The van der Waals surface area contributed by atoms with E-state index in [0.29, 0.717) is 22.2 Å². The monoisotopic (exact) mass is 421 g/mol. The number of para-hydroxylation sites is 1. The lowest BCUT2D eigenvalue weighted by molar-refractivity contribution is 0.432. The van der Waals surface area contributed by atoms with Crippen molar-refractivity contribution in [3.63, 3.8) is 0 Å². The summed E-state index contributed by atoms with van der Waals surface area (Å²) in [5.41, 5.74) is 1.81. The fourth-order valence-corrected chi connectivity index (χ4v) is 4.00. The molecule has 0 N–H and O–H groups in total. The smallest absolute Gasteiger partial charge is 0.267 e. The number of benzene rings is 2. The molecular formula is C20H12ClN5O2S. The van der Waals surface area contributed by atoms with E-state index in [0.717, 1.165) is 15.2 Å². The van der Waals surface area contributed by atoms with E-state index in [-0.39, 0.29) is 17.9 Å². The van der Waals surface area contributed by atoms with E-state index >= 15 is 0 Å². The Morgan fingerprint density at radius 3 is 2.79 bits per heavy atom. The molecule has 0 saturated carbocycles. The molecule has 0 fully saturated rings. The first kappa shape index (κ1) is 17.7. The largest absolute Gasteiger partial charge is 0.334 e. The first-order valence-electron chi connectivity index (χ1n) is 8.68. The minimum absolute atomic E-state index is 0.230. The van der Waals surface area contributed by atoms with Crippen LogP contribution >= 0.6 is 22.9 Å².